The van der Waals surface area contributed by atoms with Crippen LogP contribution in [-0.2, 0) is 11.2 Å². The van der Waals surface area contributed by atoms with Gasteiger partial charge in [0.25, 0.3) is 5.91 Å². The van der Waals surface area contributed by atoms with E-state index in [4.69, 9.17) is 11.6 Å². The minimum Gasteiger partial charge on any atom is -0.480 e. The van der Waals surface area contributed by atoms with Crippen molar-refractivity contribution in [3.63, 3.8) is 0 Å². The molecule has 0 aliphatic carbocycles. The van der Waals surface area contributed by atoms with Gasteiger partial charge in [-0.25, -0.2) is 4.79 Å². The number of hydrogen-bond acceptors (Lipinski definition) is 3. The second kappa shape index (κ2) is 7.32. The van der Waals surface area contributed by atoms with E-state index in [0.717, 1.165) is 10.9 Å². The normalized spacial score (nSPS) is 11.9. The minimum atomic E-state index is -1.11. The number of aromatic nitrogens is 1. The summed E-state index contributed by atoms with van der Waals surface area (Å²) in [4.78, 5) is 28.2. The van der Waals surface area contributed by atoms with Gasteiger partial charge in [0.2, 0.25) is 0 Å². The molecule has 0 aliphatic rings. The van der Waals surface area contributed by atoms with Crippen LogP contribution < -0.4 is 5.32 Å². The summed E-state index contributed by atoms with van der Waals surface area (Å²) in [6.07, 6.45) is 0.0967. The molecule has 0 spiro atoms. The molecule has 0 aliphatic heterocycles. The molecule has 6 heteroatoms. The largest absolute Gasteiger partial charge is 0.480 e. The molecule has 1 amide bonds. The standard InChI is InChI=1S/C19H15ClN2O3/c20-14-8-5-13(6-9-14)18(23)22-17(19(24)25)11-15-10-7-12-3-1-2-4-16(12)21-15/h1-10,17H,11H2,(H,22,23)(H,24,25)/t17-/m0/s1. The summed E-state index contributed by atoms with van der Waals surface area (Å²) in [7, 11) is 0. The fourth-order valence-corrected chi connectivity index (χ4v) is 2.60. The lowest BCUT2D eigenvalue weighted by Gasteiger charge is -2.14. The Morgan fingerprint density at radius 1 is 1.04 bits per heavy atom. The van der Waals surface area contributed by atoms with Crippen molar-refractivity contribution >= 4 is 34.4 Å². The molecular weight excluding hydrogens is 340 g/mol. The van der Waals surface area contributed by atoms with E-state index in [-0.39, 0.29) is 6.42 Å². The fraction of sp³-hybridized carbons (Fsp3) is 0.105. The van der Waals surface area contributed by atoms with E-state index in [1.54, 1.807) is 30.3 Å². The van der Waals surface area contributed by atoms with Crippen LogP contribution in [0.15, 0.2) is 60.7 Å². The second-order valence-corrected chi connectivity index (χ2v) is 6.01. The quantitative estimate of drug-likeness (QED) is 0.736. The van der Waals surface area contributed by atoms with E-state index in [1.165, 1.54) is 0 Å². The van der Waals surface area contributed by atoms with Crippen LogP contribution in [0.25, 0.3) is 10.9 Å². The van der Waals surface area contributed by atoms with Gasteiger partial charge in [-0.1, -0.05) is 35.9 Å². The first-order valence-corrected chi connectivity index (χ1v) is 8.04. The summed E-state index contributed by atoms with van der Waals surface area (Å²) in [6.45, 7) is 0. The highest BCUT2D eigenvalue weighted by molar-refractivity contribution is 6.30. The third kappa shape index (κ3) is 4.14. The number of carboxylic acids is 1. The molecule has 126 valence electrons. The summed E-state index contributed by atoms with van der Waals surface area (Å²) in [5, 5.41) is 13.4. The number of amides is 1. The van der Waals surface area contributed by atoms with Crippen LogP contribution in [0, 0.1) is 0 Å². The van der Waals surface area contributed by atoms with Crippen LogP contribution >= 0.6 is 11.6 Å². The zero-order valence-corrected chi connectivity index (χ0v) is 13.9. The lowest BCUT2D eigenvalue weighted by Crippen LogP contribution is -2.42. The number of pyridine rings is 1. The van der Waals surface area contributed by atoms with Crippen LogP contribution in [0.5, 0.6) is 0 Å². The van der Waals surface area contributed by atoms with E-state index in [9.17, 15) is 14.7 Å². The summed E-state index contributed by atoms with van der Waals surface area (Å²) >= 11 is 5.79. The number of fused-ring (bicyclic) bond motifs is 1. The van der Waals surface area contributed by atoms with Crippen molar-refractivity contribution in [2.45, 2.75) is 12.5 Å². The maximum atomic E-state index is 12.2. The number of halogens is 1. The van der Waals surface area contributed by atoms with Crippen molar-refractivity contribution in [3.05, 3.63) is 76.9 Å². The first-order chi connectivity index (χ1) is 12.0. The van der Waals surface area contributed by atoms with Gasteiger partial charge in [0.05, 0.1) is 5.52 Å². The number of nitrogens with zero attached hydrogens (tertiary/aromatic N) is 1. The minimum absolute atomic E-state index is 0.0967. The second-order valence-electron chi connectivity index (χ2n) is 5.57. The molecule has 1 atom stereocenters. The highest BCUT2D eigenvalue weighted by Gasteiger charge is 2.21. The molecule has 2 aromatic carbocycles. The lowest BCUT2D eigenvalue weighted by atomic mass is 10.1. The van der Waals surface area contributed by atoms with Crippen molar-refractivity contribution in [3.8, 4) is 0 Å². The third-order valence-electron chi connectivity index (χ3n) is 3.78. The maximum Gasteiger partial charge on any atom is 0.326 e. The lowest BCUT2D eigenvalue weighted by molar-refractivity contribution is -0.139. The topological polar surface area (TPSA) is 79.3 Å². The highest BCUT2D eigenvalue weighted by atomic mass is 35.5. The van der Waals surface area contributed by atoms with Crippen molar-refractivity contribution in [1.82, 2.24) is 10.3 Å². The van der Waals surface area contributed by atoms with Gasteiger partial charge >= 0.3 is 5.97 Å². The number of rotatable bonds is 5. The average molecular weight is 355 g/mol. The molecule has 0 radical (unpaired) electrons. The fourth-order valence-electron chi connectivity index (χ4n) is 2.47. The summed E-state index contributed by atoms with van der Waals surface area (Å²) in [5.41, 5.74) is 1.73. The van der Waals surface area contributed by atoms with Crippen LogP contribution in [0.3, 0.4) is 0 Å². The summed E-state index contributed by atoms with van der Waals surface area (Å²) in [6, 6.07) is 16.4. The number of carbonyl (C=O) groups is 2. The zero-order valence-electron chi connectivity index (χ0n) is 13.1. The Balaban J connectivity index is 1.77. The number of carbonyl (C=O) groups excluding carboxylic acids is 1. The van der Waals surface area contributed by atoms with E-state index in [0.29, 0.717) is 16.3 Å². The molecular formula is C19H15ClN2O3. The molecule has 25 heavy (non-hydrogen) atoms. The molecule has 1 heterocycles. The van der Waals surface area contributed by atoms with Crippen LogP contribution in [-0.4, -0.2) is 28.0 Å². The van der Waals surface area contributed by atoms with Crippen LogP contribution in [0.1, 0.15) is 16.1 Å². The Kier molecular flexibility index (Phi) is 4.95. The molecule has 0 fully saturated rings. The third-order valence-corrected chi connectivity index (χ3v) is 4.03. The Bertz CT molecular complexity index is 925. The first-order valence-electron chi connectivity index (χ1n) is 7.67. The van der Waals surface area contributed by atoms with Gasteiger partial charge in [-0.3, -0.25) is 9.78 Å². The smallest absolute Gasteiger partial charge is 0.326 e. The molecule has 3 rings (SSSR count). The number of para-hydroxylation sites is 1. The molecule has 1 aromatic heterocycles. The number of aliphatic carboxylic acids is 1. The van der Waals surface area contributed by atoms with Gasteiger partial charge in [0, 0.05) is 28.1 Å². The highest BCUT2D eigenvalue weighted by Crippen LogP contribution is 2.14. The van der Waals surface area contributed by atoms with Gasteiger partial charge in [0.1, 0.15) is 6.04 Å². The number of benzene rings is 2. The van der Waals surface area contributed by atoms with E-state index in [2.05, 4.69) is 10.3 Å². The van der Waals surface area contributed by atoms with Gasteiger partial charge < -0.3 is 10.4 Å². The zero-order chi connectivity index (χ0) is 17.8. The Hall–Kier alpha value is -2.92. The SMILES string of the molecule is O=C(N[C@@H](Cc1ccc2ccccc2n1)C(=O)O)c1ccc(Cl)cc1. The van der Waals surface area contributed by atoms with Gasteiger partial charge in [0.15, 0.2) is 0 Å². The van der Waals surface area contributed by atoms with E-state index >= 15 is 0 Å². The molecule has 0 bridgehead atoms. The summed E-state index contributed by atoms with van der Waals surface area (Å²) in [5.74, 6) is -1.58. The molecule has 2 N–H and O–H groups in total. The van der Waals surface area contributed by atoms with Crippen LogP contribution in [0.4, 0.5) is 0 Å². The van der Waals surface area contributed by atoms with Gasteiger partial charge in [-0.2, -0.15) is 0 Å². The molecule has 0 unspecified atom stereocenters. The Morgan fingerprint density at radius 2 is 1.76 bits per heavy atom. The molecule has 5 nitrogen and oxygen atoms in total. The van der Waals surface area contributed by atoms with E-state index in [1.807, 2.05) is 30.3 Å². The predicted octanol–water partition coefficient (Wildman–Crippen LogP) is 3.31. The van der Waals surface area contributed by atoms with Crippen molar-refractivity contribution in [1.29, 1.82) is 0 Å². The van der Waals surface area contributed by atoms with Crippen molar-refractivity contribution < 1.29 is 14.7 Å². The van der Waals surface area contributed by atoms with Crippen molar-refractivity contribution in [2.75, 3.05) is 0 Å². The number of nitrogens with one attached hydrogen (secondary N) is 1. The van der Waals surface area contributed by atoms with E-state index < -0.39 is 17.9 Å². The monoisotopic (exact) mass is 354 g/mol. The van der Waals surface area contributed by atoms with Crippen LogP contribution in [0.2, 0.25) is 5.02 Å². The summed E-state index contributed by atoms with van der Waals surface area (Å²) < 4.78 is 0. The number of hydrogen-bond donors (Lipinski definition) is 2. The molecule has 0 saturated carbocycles. The van der Waals surface area contributed by atoms with Crippen molar-refractivity contribution in [2.24, 2.45) is 0 Å². The Morgan fingerprint density at radius 3 is 2.48 bits per heavy atom. The first kappa shape index (κ1) is 16.9. The van der Waals surface area contributed by atoms with Gasteiger partial charge in [-0.15, -0.1) is 0 Å². The number of carboxylic acid groups (broad SMARTS) is 1. The van der Waals surface area contributed by atoms with Gasteiger partial charge in [-0.05, 0) is 36.4 Å². The predicted molar refractivity (Wildman–Crippen MR) is 95.8 cm³/mol. The molecule has 0 saturated heterocycles. The maximum absolute atomic E-state index is 12.2. The molecule has 3 aromatic rings. The Labute approximate surface area is 149 Å². The average Bonchev–Trinajstić information content (AvgIpc) is 2.61.